The summed E-state index contributed by atoms with van der Waals surface area (Å²) >= 11 is 0. The first-order chi connectivity index (χ1) is 7.16. The van der Waals surface area contributed by atoms with Gasteiger partial charge in [-0.2, -0.15) is 4.98 Å². The number of hydrogen-bond acceptors (Lipinski definition) is 5. The van der Waals surface area contributed by atoms with E-state index in [1.807, 2.05) is 7.05 Å². The SMILES string of the molecule is CC(=O)Cc1nc(-c2cncn2C)no1. The lowest BCUT2D eigenvalue weighted by atomic mass is 10.3. The fourth-order valence-electron chi connectivity index (χ4n) is 1.22. The van der Waals surface area contributed by atoms with Crippen LogP contribution in [0.4, 0.5) is 0 Å². The number of aromatic nitrogens is 4. The lowest BCUT2D eigenvalue weighted by molar-refractivity contribution is -0.116. The zero-order valence-corrected chi connectivity index (χ0v) is 8.47. The number of rotatable bonds is 3. The van der Waals surface area contributed by atoms with Crippen LogP contribution in [0.25, 0.3) is 11.5 Å². The van der Waals surface area contributed by atoms with Crippen molar-refractivity contribution in [2.45, 2.75) is 13.3 Å². The Morgan fingerprint density at radius 1 is 1.60 bits per heavy atom. The van der Waals surface area contributed by atoms with E-state index in [0.717, 1.165) is 5.69 Å². The molecule has 2 rings (SSSR count). The Labute approximate surface area is 85.9 Å². The summed E-state index contributed by atoms with van der Waals surface area (Å²) in [6.07, 6.45) is 3.46. The predicted molar refractivity (Wildman–Crippen MR) is 50.9 cm³/mol. The first kappa shape index (κ1) is 9.57. The molecule has 0 aliphatic rings. The van der Waals surface area contributed by atoms with Crippen molar-refractivity contribution >= 4 is 5.78 Å². The molecule has 0 unspecified atom stereocenters. The highest BCUT2D eigenvalue weighted by Gasteiger charge is 2.12. The standard InChI is InChI=1S/C9H10N4O2/c1-6(14)3-8-11-9(12-15-8)7-4-10-5-13(7)2/h4-5H,3H2,1-2H3. The second-order valence-electron chi connectivity index (χ2n) is 3.28. The summed E-state index contributed by atoms with van der Waals surface area (Å²) < 4.78 is 6.71. The first-order valence-corrected chi connectivity index (χ1v) is 4.45. The van der Waals surface area contributed by atoms with E-state index in [-0.39, 0.29) is 12.2 Å². The van der Waals surface area contributed by atoms with Crippen LogP contribution in [0.3, 0.4) is 0 Å². The second-order valence-corrected chi connectivity index (χ2v) is 3.28. The molecule has 0 amide bonds. The van der Waals surface area contributed by atoms with E-state index in [2.05, 4.69) is 15.1 Å². The number of nitrogens with zero attached hydrogens (tertiary/aromatic N) is 4. The smallest absolute Gasteiger partial charge is 0.234 e. The third-order valence-corrected chi connectivity index (χ3v) is 1.91. The van der Waals surface area contributed by atoms with Crippen molar-refractivity contribution in [3.63, 3.8) is 0 Å². The van der Waals surface area contributed by atoms with Crippen LogP contribution in [0.15, 0.2) is 17.0 Å². The molecular weight excluding hydrogens is 196 g/mol. The molecule has 0 bridgehead atoms. The van der Waals surface area contributed by atoms with Crippen LogP contribution in [0.2, 0.25) is 0 Å². The average Bonchev–Trinajstić information content (AvgIpc) is 2.72. The molecular formula is C9H10N4O2. The number of Topliss-reactive ketones (excluding diaryl/α,β-unsaturated/α-hetero) is 1. The van der Waals surface area contributed by atoms with E-state index in [0.29, 0.717) is 11.7 Å². The lowest BCUT2D eigenvalue weighted by Gasteiger charge is -1.92. The van der Waals surface area contributed by atoms with E-state index in [1.54, 1.807) is 17.1 Å². The van der Waals surface area contributed by atoms with Crippen molar-refractivity contribution in [1.82, 2.24) is 19.7 Å². The summed E-state index contributed by atoms with van der Waals surface area (Å²) in [6, 6.07) is 0. The predicted octanol–water partition coefficient (Wildman–Crippen LogP) is 0.602. The number of ketones is 1. The van der Waals surface area contributed by atoms with Gasteiger partial charge in [-0.05, 0) is 6.92 Å². The summed E-state index contributed by atoms with van der Waals surface area (Å²) in [5.41, 5.74) is 0.758. The maximum absolute atomic E-state index is 10.8. The maximum atomic E-state index is 10.8. The number of carbonyl (C=O) groups excluding carboxylic acids is 1. The lowest BCUT2D eigenvalue weighted by Crippen LogP contribution is -1.96. The minimum Gasteiger partial charge on any atom is -0.338 e. The van der Waals surface area contributed by atoms with Crippen molar-refractivity contribution in [2.24, 2.45) is 7.05 Å². The average molecular weight is 206 g/mol. The summed E-state index contributed by atoms with van der Waals surface area (Å²) in [4.78, 5) is 18.9. The Balaban J connectivity index is 2.28. The van der Waals surface area contributed by atoms with Crippen LogP contribution < -0.4 is 0 Å². The zero-order chi connectivity index (χ0) is 10.8. The van der Waals surface area contributed by atoms with E-state index in [9.17, 15) is 4.79 Å². The van der Waals surface area contributed by atoms with E-state index >= 15 is 0 Å². The Morgan fingerprint density at radius 3 is 3.00 bits per heavy atom. The Bertz CT molecular complexity index is 486. The van der Waals surface area contributed by atoms with Gasteiger partial charge in [-0.1, -0.05) is 5.16 Å². The molecule has 0 spiro atoms. The summed E-state index contributed by atoms with van der Waals surface area (Å²) in [5, 5.41) is 3.77. The van der Waals surface area contributed by atoms with Crippen molar-refractivity contribution in [2.75, 3.05) is 0 Å². The molecule has 0 fully saturated rings. The Morgan fingerprint density at radius 2 is 2.40 bits per heavy atom. The number of imidazole rings is 1. The quantitative estimate of drug-likeness (QED) is 0.735. The summed E-state index contributed by atoms with van der Waals surface area (Å²) in [5.74, 6) is 0.778. The maximum Gasteiger partial charge on any atom is 0.234 e. The normalized spacial score (nSPS) is 10.5. The van der Waals surface area contributed by atoms with E-state index in [4.69, 9.17) is 4.52 Å². The molecule has 0 atom stereocenters. The molecule has 6 heteroatoms. The highest BCUT2D eigenvalue weighted by atomic mass is 16.5. The Kier molecular flexibility index (Phi) is 2.32. The van der Waals surface area contributed by atoms with Gasteiger partial charge in [-0.15, -0.1) is 0 Å². The highest BCUT2D eigenvalue weighted by Crippen LogP contribution is 2.13. The van der Waals surface area contributed by atoms with Gasteiger partial charge in [0.1, 0.15) is 11.5 Å². The minimum atomic E-state index is -0.00444. The number of hydrogen-bond donors (Lipinski definition) is 0. The van der Waals surface area contributed by atoms with Gasteiger partial charge in [0.15, 0.2) is 0 Å². The molecule has 6 nitrogen and oxygen atoms in total. The van der Waals surface area contributed by atoms with Gasteiger partial charge in [0.25, 0.3) is 0 Å². The first-order valence-electron chi connectivity index (χ1n) is 4.45. The molecule has 2 aromatic heterocycles. The molecule has 2 heterocycles. The second kappa shape index (κ2) is 3.64. The van der Waals surface area contributed by atoms with E-state index in [1.165, 1.54) is 6.92 Å². The van der Waals surface area contributed by atoms with Crippen molar-refractivity contribution in [1.29, 1.82) is 0 Å². The molecule has 0 N–H and O–H groups in total. The molecule has 0 aromatic carbocycles. The van der Waals surface area contributed by atoms with Crippen LogP contribution in [0, 0.1) is 0 Å². The molecule has 2 aromatic rings. The van der Waals surface area contributed by atoms with Crippen LogP contribution in [0.1, 0.15) is 12.8 Å². The fourth-order valence-corrected chi connectivity index (χ4v) is 1.22. The molecule has 0 aliphatic carbocycles. The fraction of sp³-hybridized carbons (Fsp3) is 0.333. The Hall–Kier alpha value is -1.98. The molecule has 0 saturated carbocycles. The van der Waals surface area contributed by atoms with E-state index < -0.39 is 0 Å². The molecule has 0 radical (unpaired) electrons. The summed E-state index contributed by atoms with van der Waals surface area (Å²) in [6.45, 7) is 1.48. The van der Waals surface area contributed by atoms with Crippen molar-refractivity contribution in [3.8, 4) is 11.5 Å². The van der Waals surface area contributed by atoms with Gasteiger partial charge in [0, 0.05) is 7.05 Å². The van der Waals surface area contributed by atoms with Crippen molar-refractivity contribution < 1.29 is 9.32 Å². The molecule has 0 aliphatic heterocycles. The van der Waals surface area contributed by atoms with Crippen LogP contribution >= 0.6 is 0 Å². The summed E-state index contributed by atoms with van der Waals surface area (Å²) in [7, 11) is 1.84. The molecule has 15 heavy (non-hydrogen) atoms. The van der Waals surface area contributed by atoms with Crippen LogP contribution in [-0.2, 0) is 18.3 Å². The monoisotopic (exact) mass is 206 g/mol. The van der Waals surface area contributed by atoms with Gasteiger partial charge in [0.2, 0.25) is 11.7 Å². The van der Waals surface area contributed by atoms with Crippen LogP contribution in [-0.4, -0.2) is 25.5 Å². The number of carbonyl (C=O) groups is 1. The van der Waals surface area contributed by atoms with Gasteiger partial charge < -0.3 is 9.09 Å². The third-order valence-electron chi connectivity index (χ3n) is 1.91. The third kappa shape index (κ3) is 1.93. The van der Waals surface area contributed by atoms with Crippen LogP contribution in [0.5, 0.6) is 0 Å². The van der Waals surface area contributed by atoms with Gasteiger partial charge in [0.05, 0.1) is 18.9 Å². The van der Waals surface area contributed by atoms with Gasteiger partial charge in [-0.3, -0.25) is 4.79 Å². The molecule has 0 saturated heterocycles. The largest absolute Gasteiger partial charge is 0.338 e. The number of aryl methyl sites for hydroxylation is 1. The highest BCUT2D eigenvalue weighted by molar-refractivity contribution is 5.77. The van der Waals surface area contributed by atoms with Gasteiger partial charge in [-0.25, -0.2) is 4.98 Å². The topological polar surface area (TPSA) is 73.8 Å². The van der Waals surface area contributed by atoms with Crippen molar-refractivity contribution in [3.05, 3.63) is 18.4 Å². The molecule has 78 valence electrons. The van der Waals surface area contributed by atoms with Gasteiger partial charge >= 0.3 is 0 Å². The minimum absolute atomic E-state index is 0.00444. The zero-order valence-electron chi connectivity index (χ0n) is 8.47.